The fourth-order valence-corrected chi connectivity index (χ4v) is 5.55. The van der Waals surface area contributed by atoms with Crippen molar-refractivity contribution in [2.45, 2.75) is 37.5 Å². The molecule has 0 saturated carbocycles. The number of para-hydroxylation sites is 1. The number of aromatic nitrogens is 2. The Balaban J connectivity index is 1.55. The zero-order chi connectivity index (χ0) is 22.7. The Morgan fingerprint density at radius 3 is 2.72 bits per heavy atom. The number of sulfonamides is 1. The highest BCUT2D eigenvalue weighted by atomic mass is 32.2. The third-order valence-electron chi connectivity index (χ3n) is 5.60. The van der Waals surface area contributed by atoms with Crippen LogP contribution < -0.4 is 9.47 Å². The maximum Gasteiger partial charge on any atom is 0.251 e. The van der Waals surface area contributed by atoms with Gasteiger partial charge in [-0.2, -0.15) is 4.31 Å². The van der Waals surface area contributed by atoms with Gasteiger partial charge in [-0.05, 0) is 62.6 Å². The summed E-state index contributed by atoms with van der Waals surface area (Å²) in [6.45, 7) is 5.03. The normalized spacial score (nSPS) is 17.3. The topological polar surface area (TPSA) is 94.8 Å². The maximum absolute atomic E-state index is 13.3. The summed E-state index contributed by atoms with van der Waals surface area (Å²) < 4.78 is 44.9. The molecule has 1 saturated heterocycles. The molecule has 0 aliphatic carbocycles. The van der Waals surface area contributed by atoms with E-state index in [1.807, 2.05) is 38.1 Å². The Bertz CT molecular complexity index is 1190. The molecule has 1 aliphatic heterocycles. The van der Waals surface area contributed by atoms with Crippen LogP contribution in [0.2, 0.25) is 0 Å². The van der Waals surface area contributed by atoms with E-state index in [0.717, 1.165) is 12.0 Å². The zero-order valence-electron chi connectivity index (χ0n) is 18.4. The van der Waals surface area contributed by atoms with Crippen molar-refractivity contribution < 1.29 is 22.3 Å². The summed E-state index contributed by atoms with van der Waals surface area (Å²) in [5, 5.41) is 8.39. The molecule has 0 N–H and O–H groups in total. The Kier molecular flexibility index (Phi) is 6.48. The lowest BCUT2D eigenvalue weighted by Crippen LogP contribution is -2.39. The predicted octanol–water partition coefficient (Wildman–Crippen LogP) is 4.02. The van der Waals surface area contributed by atoms with E-state index in [9.17, 15) is 8.42 Å². The molecule has 1 aromatic heterocycles. The molecule has 9 heteroatoms. The van der Waals surface area contributed by atoms with E-state index in [1.54, 1.807) is 25.3 Å². The Morgan fingerprint density at radius 1 is 1.16 bits per heavy atom. The number of rotatable bonds is 7. The van der Waals surface area contributed by atoms with Gasteiger partial charge in [-0.1, -0.05) is 12.1 Å². The minimum Gasteiger partial charge on any atom is -0.496 e. The van der Waals surface area contributed by atoms with Gasteiger partial charge >= 0.3 is 0 Å². The lowest BCUT2D eigenvalue weighted by Gasteiger charge is -2.30. The number of nitrogens with zero attached hydrogens (tertiary/aromatic N) is 3. The van der Waals surface area contributed by atoms with Crippen molar-refractivity contribution in [3.05, 3.63) is 53.9 Å². The highest BCUT2D eigenvalue weighted by Crippen LogP contribution is 2.34. The molecule has 0 amide bonds. The summed E-state index contributed by atoms with van der Waals surface area (Å²) in [6.07, 6.45) is 1.49. The van der Waals surface area contributed by atoms with E-state index in [1.165, 1.54) is 4.31 Å². The van der Waals surface area contributed by atoms with Gasteiger partial charge in [-0.3, -0.25) is 0 Å². The van der Waals surface area contributed by atoms with Gasteiger partial charge in [0.2, 0.25) is 15.9 Å². The van der Waals surface area contributed by atoms with Crippen molar-refractivity contribution in [2.24, 2.45) is 0 Å². The summed E-state index contributed by atoms with van der Waals surface area (Å²) >= 11 is 0. The number of benzene rings is 2. The second kappa shape index (κ2) is 9.30. The number of hydrogen-bond acceptors (Lipinski definition) is 7. The average Bonchev–Trinajstić information content (AvgIpc) is 3.31. The molecular weight excluding hydrogens is 430 g/mol. The molecule has 8 nitrogen and oxygen atoms in total. The van der Waals surface area contributed by atoms with Crippen molar-refractivity contribution in [3.8, 4) is 23.0 Å². The predicted molar refractivity (Wildman–Crippen MR) is 119 cm³/mol. The Labute approximate surface area is 188 Å². The third-order valence-corrected chi connectivity index (χ3v) is 7.46. The van der Waals surface area contributed by atoms with Gasteiger partial charge in [0.25, 0.3) is 5.89 Å². The van der Waals surface area contributed by atoms with Crippen LogP contribution in [-0.2, 0) is 10.0 Å². The van der Waals surface area contributed by atoms with Gasteiger partial charge in [0.15, 0.2) is 0 Å². The molecule has 2 aromatic carbocycles. The van der Waals surface area contributed by atoms with Crippen molar-refractivity contribution >= 4 is 10.0 Å². The van der Waals surface area contributed by atoms with Gasteiger partial charge < -0.3 is 13.9 Å². The SMILES string of the molecule is CCOc1ccc(S(=O)(=O)N2CCCC(c3nnc(-c4ccccc4OC)o3)C2)cc1C. The second-order valence-electron chi connectivity index (χ2n) is 7.71. The number of piperidine rings is 1. The Morgan fingerprint density at radius 2 is 1.97 bits per heavy atom. The summed E-state index contributed by atoms with van der Waals surface area (Å²) in [4.78, 5) is 0.263. The largest absolute Gasteiger partial charge is 0.496 e. The second-order valence-corrected chi connectivity index (χ2v) is 9.65. The van der Waals surface area contributed by atoms with Crippen LogP contribution in [0.25, 0.3) is 11.5 Å². The van der Waals surface area contributed by atoms with E-state index in [0.29, 0.717) is 55.0 Å². The fourth-order valence-electron chi connectivity index (χ4n) is 3.94. The number of ether oxygens (including phenoxy) is 2. The average molecular weight is 458 g/mol. The van der Waals surface area contributed by atoms with Gasteiger partial charge in [0, 0.05) is 13.1 Å². The summed E-state index contributed by atoms with van der Waals surface area (Å²) in [5.74, 6) is 1.96. The van der Waals surface area contributed by atoms with E-state index < -0.39 is 10.0 Å². The van der Waals surface area contributed by atoms with Crippen molar-refractivity contribution in [1.29, 1.82) is 0 Å². The van der Waals surface area contributed by atoms with E-state index in [4.69, 9.17) is 13.9 Å². The molecule has 0 radical (unpaired) electrons. The monoisotopic (exact) mass is 457 g/mol. The summed E-state index contributed by atoms with van der Waals surface area (Å²) in [7, 11) is -2.06. The molecule has 0 bridgehead atoms. The molecule has 2 heterocycles. The molecule has 32 heavy (non-hydrogen) atoms. The standard InChI is InChI=1S/C23H27N3O5S/c1-4-30-20-12-11-18(14-16(20)2)32(27,28)26-13-7-8-17(15-26)22-24-25-23(31-22)19-9-5-6-10-21(19)29-3/h5-6,9-12,14,17H,4,7-8,13,15H2,1-3H3. The summed E-state index contributed by atoms with van der Waals surface area (Å²) in [6, 6.07) is 12.4. The minimum absolute atomic E-state index is 0.168. The van der Waals surface area contributed by atoms with Crippen LogP contribution in [0.1, 0.15) is 37.1 Å². The van der Waals surface area contributed by atoms with Crippen LogP contribution in [0.5, 0.6) is 11.5 Å². The van der Waals surface area contributed by atoms with E-state index in [-0.39, 0.29) is 10.8 Å². The van der Waals surface area contributed by atoms with Gasteiger partial charge in [0.1, 0.15) is 11.5 Å². The lowest BCUT2D eigenvalue weighted by atomic mass is 10.00. The quantitative estimate of drug-likeness (QED) is 0.529. The highest BCUT2D eigenvalue weighted by Gasteiger charge is 2.33. The van der Waals surface area contributed by atoms with Crippen LogP contribution in [0, 0.1) is 6.92 Å². The number of aryl methyl sites for hydroxylation is 1. The smallest absolute Gasteiger partial charge is 0.251 e. The first-order chi connectivity index (χ1) is 15.4. The first-order valence-corrected chi connectivity index (χ1v) is 12.1. The van der Waals surface area contributed by atoms with Gasteiger partial charge in [-0.15, -0.1) is 10.2 Å². The molecule has 4 rings (SSSR count). The van der Waals surface area contributed by atoms with Crippen LogP contribution in [0.15, 0.2) is 51.8 Å². The summed E-state index contributed by atoms with van der Waals surface area (Å²) in [5.41, 5.74) is 1.50. The molecule has 3 aromatic rings. The van der Waals surface area contributed by atoms with Crippen LogP contribution in [0.3, 0.4) is 0 Å². The van der Waals surface area contributed by atoms with Gasteiger partial charge in [-0.25, -0.2) is 8.42 Å². The van der Waals surface area contributed by atoms with Crippen molar-refractivity contribution in [3.63, 3.8) is 0 Å². The van der Waals surface area contributed by atoms with Crippen LogP contribution in [0.4, 0.5) is 0 Å². The maximum atomic E-state index is 13.3. The third kappa shape index (κ3) is 4.35. The van der Waals surface area contributed by atoms with Crippen molar-refractivity contribution in [1.82, 2.24) is 14.5 Å². The lowest BCUT2D eigenvalue weighted by molar-refractivity contribution is 0.286. The first-order valence-electron chi connectivity index (χ1n) is 10.6. The first kappa shape index (κ1) is 22.3. The molecular formula is C23H27N3O5S. The van der Waals surface area contributed by atoms with Crippen LogP contribution in [-0.4, -0.2) is 49.7 Å². The molecule has 1 fully saturated rings. The number of hydrogen-bond donors (Lipinski definition) is 0. The molecule has 1 aliphatic rings. The zero-order valence-corrected chi connectivity index (χ0v) is 19.3. The molecule has 1 atom stereocenters. The van der Waals surface area contributed by atoms with Crippen molar-refractivity contribution in [2.75, 3.05) is 26.8 Å². The Hall–Kier alpha value is -2.91. The molecule has 1 unspecified atom stereocenters. The van der Waals surface area contributed by atoms with Gasteiger partial charge in [0.05, 0.1) is 30.1 Å². The minimum atomic E-state index is -3.65. The fraction of sp³-hybridized carbons (Fsp3) is 0.391. The van der Waals surface area contributed by atoms with E-state index in [2.05, 4.69) is 10.2 Å². The van der Waals surface area contributed by atoms with E-state index >= 15 is 0 Å². The molecule has 0 spiro atoms. The van der Waals surface area contributed by atoms with Crippen LogP contribution >= 0.6 is 0 Å². The highest BCUT2D eigenvalue weighted by molar-refractivity contribution is 7.89. The number of methoxy groups -OCH3 is 1. The molecule has 170 valence electrons.